The average molecular weight is 542 g/mol. The molecule has 0 spiro atoms. The Kier molecular flexibility index (Phi) is 9.06. The first-order chi connectivity index (χ1) is 20.1. The summed E-state index contributed by atoms with van der Waals surface area (Å²) in [7, 11) is 0. The molecule has 5 rings (SSSR count). The quantitative estimate of drug-likeness (QED) is 0.216. The van der Waals surface area contributed by atoms with E-state index in [0.717, 1.165) is 37.6 Å². The molecule has 1 aliphatic carbocycles. The van der Waals surface area contributed by atoms with E-state index in [1.54, 1.807) is 0 Å². The second kappa shape index (κ2) is 13.1. The molecule has 0 fully saturated rings. The highest BCUT2D eigenvalue weighted by molar-refractivity contribution is 6.05. The van der Waals surface area contributed by atoms with Crippen molar-refractivity contribution in [2.45, 2.75) is 40.7 Å². The zero-order valence-corrected chi connectivity index (χ0v) is 25.2. The van der Waals surface area contributed by atoms with Gasteiger partial charge in [-0.15, -0.1) is 0 Å². The minimum absolute atomic E-state index is 0.331. The van der Waals surface area contributed by atoms with Crippen LogP contribution >= 0.6 is 0 Å². The Morgan fingerprint density at radius 3 is 1.93 bits per heavy atom. The Labute approximate surface area is 246 Å². The summed E-state index contributed by atoms with van der Waals surface area (Å²) in [6, 6.07) is 31.3. The molecule has 4 aromatic rings. The molecule has 41 heavy (non-hydrogen) atoms. The zero-order chi connectivity index (χ0) is 28.8. The summed E-state index contributed by atoms with van der Waals surface area (Å²) >= 11 is 0. The summed E-state index contributed by atoms with van der Waals surface area (Å²) in [6.45, 7) is 15.1. The predicted octanol–water partition coefficient (Wildman–Crippen LogP) is 9.38. The molecule has 0 saturated heterocycles. The van der Waals surface area contributed by atoms with Gasteiger partial charge in [0.15, 0.2) is 0 Å². The number of nitrogens with one attached hydrogen (secondary N) is 1. The summed E-state index contributed by atoms with van der Waals surface area (Å²) in [5, 5.41) is 6.13. The molecule has 210 valence electrons. The normalized spacial score (nSPS) is 14.6. The molecule has 0 radical (unpaired) electrons. The van der Waals surface area contributed by atoms with Crippen LogP contribution < -0.4 is 10.2 Å². The van der Waals surface area contributed by atoms with Crippen LogP contribution in [0.15, 0.2) is 115 Å². The lowest BCUT2D eigenvalue weighted by Crippen LogP contribution is -2.32. The van der Waals surface area contributed by atoms with Gasteiger partial charge in [0.25, 0.3) is 0 Å². The van der Waals surface area contributed by atoms with Crippen molar-refractivity contribution in [3.63, 3.8) is 0 Å². The number of allylic oxidation sites excluding steroid dienone is 3. The number of aryl methyl sites for hydroxylation is 1. The van der Waals surface area contributed by atoms with Crippen molar-refractivity contribution in [2.75, 3.05) is 36.4 Å². The van der Waals surface area contributed by atoms with E-state index in [2.05, 4.69) is 159 Å². The van der Waals surface area contributed by atoms with Crippen LogP contribution in [0.2, 0.25) is 0 Å². The van der Waals surface area contributed by atoms with Crippen molar-refractivity contribution in [1.29, 1.82) is 0 Å². The molecule has 4 aromatic carbocycles. The van der Waals surface area contributed by atoms with E-state index in [1.807, 2.05) is 0 Å². The molecule has 0 amide bonds. The maximum Gasteiger partial charge on any atom is 0.0467 e. The number of nitrogens with zero attached hydrogens (tertiary/aromatic N) is 2. The minimum Gasteiger partial charge on any atom is -0.372 e. The van der Waals surface area contributed by atoms with Crippen LogP contribution in [0.1, 0.15) is 44.4 Å². The molecule has 0 heterocycles. The summed E-state index contributed by atoms with van der Waals surface area (Å²) in [4.78, 5) is 4.87. The predicted molar refractivity (Wildman–Crippen MR) is 179 cm³/mol. The van der Waals surface area contributed by atoms with Gasteiger partial charge in [-0.3, -0.25) is 4.90 Å². The van der Waals surface area contributed by atoms with Crippen LogP contribution in [-0.4, -0.2) is 37.1 Å². The van der Waals surface area contributed by atoms with Crippen LogP contribution in [0.25, 0.3) is 16.3 Å². The largest absolute Gasteiger partial charge is 0.372 e. The number of likely N-dealkylation sites (N-methyl/N-ethyl adjacent to an activating group) is 1. The number of anilines is 3. The van der Waals surface area contributed by atoms with Crippen LogP contribution in [-0.2, 0) is 0 Å². The fourth-order valence-corrected chi connectivity index (χ4v) is 5.90. The lowest BCUT2D eigenvalue weighted by molar-refractivity contribution is 0.287. The van der Waals surface area contributed by atoms with E-state index in [4.69, 9.17) is 0 Å². The van der Waals surface area contributed by atoms with E-state index in [-0.39, 0.29) is 0 Å². The van der Waals surface area contributed by atoms with Gasteiger partial charge in [-0.25, -0.2) is 0 Å². The number of fused-ring (bicyclic) bond motifs is 1. The lowest BCUT2D eigenvalue weighted by Gasteiger charge is -2.27. The summed E-state index contributed by atoms with van der Waals surface area (Å²) in [5.41, 5.74) is 9.73. The summed E-state index contributed by atoms with van der Waals surface area (Å²) in [6.07, 6.45) is 9.35. The van der Waals surface area contributed by atoms with Gasteiger partial charge < -0.3 is 10.2 Å². The van der Waals surface area contributed by atoms with Gasteiger partial charge in [0, 0.05) is 41.6 Å². The Hall–Kier alpha value is -4.08. The number of rotatable bonds is 10. The van der Waals surface area contributed by atoms with Gasteiger partial charge in [-0.2, -0.15) is 0 Å². The van der Waals surface area contributed by atoms with Crippen LogP contribution in [0.3, 0.4) is 0 Å². The number of benzene rings is 4. The van der Waals surface area contributed by atoms with E-state index < -0.39 is 0 Å². The Morgan fingerprint density at radius 1 is 0.683 bits per heavy atom. The molecule has 1 N–H and O–H groups in total. The second-order valence-corrected chi connectivity index (χ2v) is 10.7. The van der Waals surface area contributed by atoms with Crippen molar-refractivity contribution in [2.24, 2.45) is 0 Å². The summed E-state index contributed by atoms with van der Waals surface area (Å²) < 4.78 is 0. The molecular formula is C38H43N3. The van der Waals surface area contributed by atoms with Crippen molar-refractivity contribution < 1.29 is 0 Å². The highest BCUT2D eigenvalue weighted by atomic mass is 15.1. The molecular weight excluding hydrogens is 498 g/mol. The molecule has 3 nitrogen and oxygen atoms in total. The van der Waals surface area contributed by atoms with Gasteiger partial charge in [0.05, 0.1) is 0 Å². The van der Waals surface area contributed by atoms with Crippen molar-refractivity contribution >= 4 is 33.4 Å². The average Bonchev–Trinajstić information content (AvgIpc) is 3.02. The Balaban J connectivity index is 1.64. The van der Waals surface area contributed by atoms with Crippen LogP contribution in [0.5, 0.6) is 0 Å². The second-order valence-electron chi connectivity index (χ2n) is 10.7. The minimum atomic E-state index is 0.331. The number of hydrogen-bond donors (Lipinski definition) is 1. The van der Waals surface area contributed by atoms with E-state index in [9.17, 15) is 0 Å². The number of hydrogen-bond acceptors (Lipinski definition) is 3. The topological polar surface area (TPSA) is 18.5 Å². The highest BCUT2D eigenvalue weighted by Gasteiger charge is 2.18. The first-order valence-electron chi connectivity index (χ1n) is 15.1. The van der Waals surface area contributed by atoms with Gasteiger partial charge in [0.1, 0.15) is 0 Å². The maximum absolute atomic E-state index is 3.67. The third-order valence-corrected chi connectivity index (χ3v) is 8.28. The smallest absolute Gasteiger partial charge is 0.0467 e. The van der Waals surface area contributed by atoms with Crippen LogP contribution in [0.4, 0.5) is 17.1 Å². The van der Waals surface area contributed by atoms with Gasteiger partial charge in [-0.05, 0) is 91.9 Å². The molecule has 0 atom stereocenters. The van der Waals surface area contributed by atoms with E-state index in [1.165, 1.54) is 44.3 Å². The molecule has 0 bridgehead atoms. The van der Waals surface area contributed by atoms with Gasteiger partial charge in [-0.1, -0.05) is 98.3 Å². The third-order valence-electron chi connectivity index (χ3n) is 8.28. The standard InChI is InChI=1S/C38H43N3/c1-6-40(7-2)32-22-16-29(17-23-32)38(30-18-24-33(25-19-30)41(8-3)9-4)36-26-27-37(35-13-11-10-12-34(35)36)39-31-20-14-28(5)15-21-31/h10-27,32,39H,6-9H2,1-5H3. The van der Waals surface area contributed by atoms with Gasteiger partial charge >= 0.3 is 0 Å². The molecule has 3 heteroatoms. The highest BCUT2D eigenvalue weighted by Crippen LogP contribution is 2.38. The molecule has 0 aliphatic heterocycles. The molecule has 1 aliphatic rings. The van der Waals surface area contributed by atoms with E-state index >= 15 is 0 Å². The first-order valence-corrected chi connectivity index (χ1v) is 15.1. The summed E-state index contributed by atoms with van der Waals surface area (Å²) in [5.74, 6) is 0. The SMILES string of the molecule is CCN(CC)c1ccc(C(=C2C=CC(N(CC)CC)C=C2)c2ccc(Nc3ccc(C)cc3)c3ccccc23)cc1. The third kappa shape index (κ3) is 6.16. The molecule has 0 aromatic heterocycles. The molecule has 0 unspecified atom stereocenters. The monoisotopic (exact) mass is 541 g/mol. The van der Waals surface area contributed by atoms with E-state index in [0.29, 0.717) is 6.04 Å². The van der Waals surface area contributed by atoms with Crippen molar-refractivity contribution in [1.82, 2.24) is 4.90 Å². The van der Waals surface area contributed by atoms with Crippen LogP contribution in [0, 0.1) is 6.92 Å². The fourth-order valence-electron chi connectivity index (χ4n) is 5.90. The van der Waals surface area contributed by atoms with Gasteiger partial charge in [0.2, 0.25) is 0 Å². The fraction of sp³-hybridized carbons (Fsp3) is 0.263. The van der Waals surface area contributed by atoms with Crippen molar-refractivity contribution in [3.05, 3.63) is 131 Å². The first kappa shape index (κ1) is 28.4. The molecule has 0 saturated carbocycles. The lowest BCUT2D eigenvalue weighted by atomic mass is 9.87. The maximum atomic E-state index is 3.67. The van der Waals surface area contributed by atoms with Crippen molar-refractivity contribution in [3.8, 4) is 0 Å². The Morgan fingerprint density at radius 2 is 1.32 bits per heavy atom. The Bertz CT molecular complexity index is 1530. The zero-order valence-electron chi connectivity index (χ0n) is 25.2.